The molecule has 10 heteroatoms. The highest BCUT2D eigenvalue weighted by Crippen LogP contribution is 2.31. The van der Waals surface area contributed by atoms with Crippen molar-refractivity contribution in [1.82, 2.24) is 4.90 Å². The molecular weight excluding hydrogens is 532 g/mol. The standard InChI is InChI=1S/C27H33ClN2O5S2/c1-19(5-4-15-27(2,3)37(34,35)23-12-8-21(28)9-13-23)14-16-29-22-10-6-20(7-11-22)25(31)30-18-36-17-24(30)26(32)33/h6-14,24,29H,4-5,15-18H2,1-3H3,(H,32,33). The van der Waals surface area contributed by atoms with E-state index in [9.17, 15) is 23.1 Å². The third-order valence-electron chi connectivity index (χ3n) is 6.52. The third-order valence-corrected chi connectivity index (χ3v) is 10.3. The number of carboxylic acid groups (broad SMARTS) is 1. The van der Waals surface area contributed by atoms with Crippen LogP contribution in [0.3, 0.4) is 0 Å². The Kier molecular flexibility index (Phi) is 9.72. The minimum absolute atomic E-state index is 0.277. The second kappa shape index (κ2) is 12.4. The summed E-state index contributed by atoms with van der Waals surface area (Å²) in [6.45, 7) is 6.14. The van der Waals surface area contributed by atoms with E-state index in [-0.39, 0.29) is 10.8 Å². The van der Waals surface area contributed by atoms with Gasteiger partial charge in [-0.25, -0.2) is 13.2 Å². The maximum Gasteiger partial charge on any atom is 0.327 e. The van der Waals surface area contributed by atoms with Crippen LogP contribution in [0.25, 0.3) is 0 Å². The van der Waals surface area contributed by atoms with Crippen LogP contribution in [0.5, 0.6) is 0 Å². The summed E-state index contributed by atoms with van der Waals surface area (Å²) in [4.78, 5) is 25.7. The minimum Gasteiger partial charge on any atom is -0.480 e. The molecule has 0 spiro atoms. The number of sulfone groups is 1. The molecule has 1 fully saturated rings. The first-order chi connectivity index (χ1) is 17.4. The zero-order valence-corrected chi connectivity index (χ0v) is 23.6. The molecule has 1 unspecified atom stereocenters. The van der Waals surface area contributed by atoms with Crippen LogP contribution in [0.1, 0.15) is 50.4 Å². The van der Waals surface area contributed by atoms with Gasteiger partial charge in [0.2, 0.25) is 0 Å². The van der Waals surface area contributed by atoms with Gasteiger partial charge in [0.15, 0.2) is 9.84 Å². The lowest BCUT2D eigenvalue weighted by atomic mass is 10.0. The number of nitrogens with one attached hydrogen (secondary N) is 1. The van der Waals surface area contributed by atoms with Crippen molar-refractivity contribution in [2.75, 3.05) is 23.5 Å². The highest BCUT2D eigenvalue weighted by Gasteiger charge is 2.36. The molecule has 1 aliphatic heterocycles. The number of anilines is 1. The Morgan fingerprint density at radius 1 is 1.16 bits per heavy atom. The lowest BCUT2D eigenvalue weighted by molar-refractivity contribution is -0.140. The number of halogens is 1. The second-order valence-corrected chi connectivity index (χ2v) is 13.7. The number of thioether (sulfide) groups is 1. The minimum atomic E-state index is -3.48. The zero-order chi connectivity index (χ0) is 27.2. The van der Waals surface area contributed by atoms with E-state index in [4.69, 9.17) is 11.6 Å². The number of hydrogen-bond acceptors (Lipinski definition) is 6. The average Bonchev–Trinajstić information content (AvgIpc) is 3.34. The van der Waals surface area contributed by atoms with Gasteiger partial charge in [0.1, 0.15) is 6.04 Å². The Balaban J connectivity index is 1.47. The summed E-state index contributed by atoms with van der Waals surface area (Å²) in [5, 5.41) is 13.1. The van der Waals surface area contributed by atoms with Gasteiger partial charge in [0.05, 0.1) is 15.5 Å². The van der Waals surface area contributed by atoms with Gasteiger partial charge in [-0.2, -0.15) is 0 Å². The first-order valence-corrected chi connectivity index (χ1v) is 15.1. The summed E-state index contributed by atoms with van der Waals surface area (Å²) in [6.07, 6.45) is 4.13. The number of carbonyl (C=O) groups excluding carboxylic acids is 1. The molecule has 1 aliphatic rings. The normalized spacial score (nSPS) is 16.6. The number of hydrogen-bond donors (Lipinski definition) is 2. The molecule has 2 aromatic carbocycles. The predicted octanol–water partition coefficient (Wildman–Crippen LogP) is 5.72. The Hall–Kier alpha value is -2.49. The second-order valence-electron chi connectivity index (χ2n) is 9.71. The lowest BCUT2D eigenvalue weighted by Gasteiger charge is -2.25. The van der Waals surface area contributed by atoms with Crippen molar-refractivity contribution < 1.29 is 23.1 Å². The molecular formula is C27H33ClN2O5S2. The van der Waals surface area contributed by atoms with E-state index in [1.807, 2.05) is 6.92 Å². The SMILES string of the molecule is CC(=CCNc1ccc(C(=O)N2CSCC2C(=O)O)cc1)CCCC(C)(C)S(=O)(=O)c1ccc(Cl)cc1. The van der Waals surface area contributed by atoms with E-state index in [1.165, 1.54) is 16.7 Å². The summed E-state index contributed by atoms with van der Waals surface area (Å²) in [7, 11) is -3.48. The molecule has 3 rings (SSSR count). The molecule has 1 atom stereocenters. The van der Waals surface area contributed by atoms with E-state index in [0.29, 0.717) is 35.2 Å². The van der Waals surface area contributed by atoms with Crippen LogP contribution in [0.2, 0.25) is 5.02 Å². The van der Waals surface area contributed by atoms with Gasteiger partial charge in [-0.3, -0.25) is 4.79 Å². The third kappa shape index (κ3) is 7.30. The predicted molar refractivity (Wildman–Crippen MR) is 150 cm³/mol. The average molecular weight is 565 g/mol. The van der Waals surface area contributed by atoms with Crippen molar-refractivity contribution in [3.8, 4) is 0 Å². The van der Waals surface area contributed by atoms with E-state index < -0.39 is 26.6 Å². The summed E-state index contributed by atoms with van der Waals surface area (Å²) >= 11 is 7.33. The number of allylic oxidation sites excluding steroid dienone is 1. The quantitative estimate of drug-likeness (QED) is 0.336. The number of carboxylic acids is 1. The highest BCUT2D eigenvalue weighted by molar-refractivity contribution is 7.99. The lowest BCUT2D eigenvalue weighted by Crippen LogP contribution is -2.41. The van der Waals surface area contributed by atoms with Crippen molar-refractivity contribution in [3.05, 3.63) is 70.8 Å². The molecule has 200 valence electrons. The summed E-state index contributed by atoms with van der Waals surface area (Å²) in [6, 6.07) is 12.5. The Morgan fingerprint density at radius 3 is 2.43 bits per heavy atom. The number of aliphatic carboxylic acids is 1. The van der Waals surface area contributed by atoms with E-state index in [0.717, 1.165) is 24.1 Å². The molecule has 1 saturated heterocycles. The monoisotopic (exact) mass is 564 g/mol. The maximum absolute atomic E-state index is 13.0. The fourth-order valence-corrected chi connectivity index (χ4v) is 6.87. The van der Waals surface area contributed by atoms with Crippen molar-refractivity contribution in [2.24, 2.45) is 0 Å². The summed E-state index contributed by atoms with van der Waals surface area (Å²) < 4.78 is 25.2. The van der Waals surface area contributed by atoms with Crippen molar-refractivity contribution >= 4 is 50.8 Å². The molecule has 2 aromatic rings. The number of benzene rings is 2. The van der Waals surface area contributed by atoms with Gasteiger partial charge in [0.25, 0.3) is 5.91 Å². The van der Waals surface area contributed by atoms with Gasteiger partial charge in [-0.1, -0.05) is 23.3 Å². The molecule has 0 saturated carbocycles. The number of rotatable bonds is 11. The van der Waals surface area contributed by atoms with Crippen molar-refractivity contribution in [3.63, 3.8) is 0 Å². The van der Waals surface area contributed by atoms with Gasteiger partial charge in [-0.15, -0.1) is 11.8 Å². The molecule has 7 nitrogen and oxygen atoms in total. The Labute approximate surface area is 228 Å². The Bertz CT molecular complexity index is 1240. The molecule has 1 amide bonds. The molecule has 1 heterocycles. The van der Waals surface area contributed by atoms with Crippen LogP contribution in [0, 0.1) is 0 Å². The number of nitrogens with zero attached hydrogens (tertiary/aromatic N) is 1. The van der Waals surface area contributed by atoms with Crippen LogP contribution < -0.4 is 5.32 Å². The van der Waals surface area contributed by atoms with Crippen molar-refractivity contribution in [2.45, 2.75) is 55.7 Å². The van der Waals surface area contributed by atoms with Crippen LogP contribution in [-0.4, -0.2) is 59.3 Å². The number of amides is 1. The molecule has 0 radical (unpaired) electrons. The Morgan fingerprint density at radius 2 is 1.81 bits per heavy atom. The van der Waals surface area contributed by atoms with Crippen LogP contribution in [-0.2, 0) is 14.6 Å². The molecule has 2 N–H and O–H groups in total. The van der Waals surface area contributed by atoms with E-state index in [2.05, 4.69) is 11.4 Å². The van der Waals surface area contributed by atoms with Gasteiger partial charge < -0.3 is 15.3 Å². The van der Waals surface area contributed by atoms with Crippen molar-refractivity contribution in [1.29, 1.82) is 0 Å². The molecule has 37 heavy (non-hydrogen) atoms. The van der Waals surface area contributed by atoms with Crippen LogP contribution >= 0.6 is 23.4 Å². The highest BCUT2D eigenvalue weighted by atomic mass is 35.5. The fraction of sp³-hybridized carbons (Fsp3) is 0.407. The first-order valence-electron chi connectivity index (χ1n) is 12.0. The van der Waals surface area contributed by atoms with E-state index >= 15 is 0 Å². The fourth-order valence-electron chi connectivity index (χ4n) is 4.05. The van der Waals surface area contributed by atoms with Gasteiger partial charge in [0, 0.05) is 28.6 Å². The van der Waals surface area contributed by atoms with Crippen LogP contribution in [0.4, 0.5) is 5.69 Å². The number of carbonyl (C=O) groups is 2. The van der Waals surface area contributed by atoms with Gasteiger partial charge in [-0.05, 0) is 88.6 Å². The summed E-state index contributed by atoms with van der Waals surface area (Å²) in [5.41, 5.74) is 2.47. The molecule has 0 aromatic heterocycles. The summed E-state index contributed by atoms with van der Waals surface area (Å²) in [5.74, 6) is -0.474. The van der Waals surface area contributed by atoms with Gasteiger partial charge >= 0.3 is 5.97 Å². The first kappa shape index (κ1) is 29.1. The smallest absolute Gasteiger partial charge is 0.327 e. The maximum atomic E-state index is 13.0. The largest absolute Gasteiger partial charge is 0.480 e. The van der Waals surface area contributed by atoms with Crippen LogP contribution in [0.15, 0.2) is 65.1 Å². The molecule has 0 aliphatic carbocycles. The molecule has 0 bridgehead atoms. The topological polar surface area (TPSA) is 104 Å². The zero-order valence-electron chi connectivity index (χ0n) is 21.2. The van der Waals surface area contributed by atoms with E-state index in [1.54, 1.807) is 62.4 Å².